The van der Waals surface area contributed by atoms with Gasteiger partial charge in [0.1, 0.15) is 0 Å². The van der Waals surface area contributed by atoms with E-state index in [-0.39, 0.29) is 0 Å². The summed E-state index contributed by atoms with van der Waals surface area (Å²) in [6.45, 7) is 4.17. The minimum atomic E-state index is 0.440. The lowest BCUT2D eigenvalue weighted by Crippen LogP contribution is -1.78. The van der Waals surface area contributed by atoms with Crippen molar-refractivity contribution < 1.29 is 0 Å². The van der Waals surface area contributed by atoms with Crippen LogP contribution >= 0.6 is 0 Å². The van der Waals surface area contributed by atoms with Gasteiger partial charge in [-0.1, -0.05) is 37.8 Å². The lowest BCUT2D eigenvalue weighted by atomic mass is 10.2. The van der Waals surface area contributed by atoms with Gasteiger partial charge in [-0.2, -0.15) is 0 Å². The Hall–Kier alpha value is -1.22. The van der Waals surface area contributed by atoms with E-state index in [1.54, 1.807) is 0 Å². The molecule has 0 aliphatic rings. The van der Waals surface area contributed by atoms with Crippen LogP contribution in [0.3, 0.4) is 0 Å². The molecule has 0 aliphatic carbocycles. The van der Waals surface area contributed by atoms with Crippen molar-refractivity contribution in [3.8, 4) is 11.8 Å². The van der Waals surface area contributed by atoms with Crippen molar-refractivity contribution in [2.75, 3.05) is 0 Å². The summed E-state index contributed by atoms with van der Waals surface area (Å²) in [6, 6.07) is 10.7. The fourth-order valence-corrected chi connectivity index (χ4v) is 0.699. The van der Waals surface area contributed by atoms with E-state index < -0.39 is 0 Å². The van der Waals surface area contributed by atoms with Gasteiger partial charge in [0, 0.05) is 11.5 Å². The zero-order valence-corrected chi connectivity index (χ0v) is 6.89. The smallest absolute Gasteiger partial charge is 0.0251 e. The third-order valence-electron chi connectivity index (χ3n) is 1.21. The van der Waals surface area contributed by atoms with Gasteiger partial charge < -0.3 is 0 Å². The van der Waals surface area contributed by atoms with E-state index in [1.807, 2.05) is 24.3 Å². The number of benzene rings is 1. The minimum Gasteiger partial charge on any atom is -0.0951 e. The number of rotatable bonds is 0. The Kier molecular flexibility index (Phi) is 2.74. The zero-order valence-electron chi connectivity index (χ0n) is 6.89. The quantitative estimate of drug-likeness (QED) is 0.489. The van der Waals surface area contributed by atoms with Gasteiger partial charge in [0.2, 0.25) is 0 Å². The van der Waals surface area contributed by atoms with E-state index in [0.717, 1.165) is 5.56 Å². The maximum atomic E-state index is 3.09. The summed E-state index contributed by atoms with van der Waals surface area (Å²) in [7, 11) is 0. The van der Waals surface area contributed by atoms with Gasteiger partial charge in [0.05, 0.1) is 0 Å². The summed E-state index contributed by atoms with van der Waals surface area (Å²) in [4.78, 5) is 0. The third-order valence-corrected chi connectivity index (χ3v) is 1.21. The van der Waals surface area contributed by atoms with Crippen LogP contribution in [0.4, 0.5) is 0 Å². The van der Waals surface area contributed by atoms with Crippen molar-refractivity contribution in [3.63, 3.8) is 0 Å². The molecule has 0 nitrogen and oxygen atoms in total. The number of hydrogen-bond acceptors (Lipinski definition) is 0. The predicted molar refractivity (Wildman–Crippen MR) is 47.0 cm³/mol. The molecule has 0 spiro atoms. The maximum Gasteiger partial charge on any atom is 0.0251 e. The Morgan fingerprint density at radius 3 is 2.82 bits per heavy atom. The molecule has 11 heavy (non-hydrogen) atoms. The summed E-state index contributed by atoms with van der Waals surface area (Å²) in [5.74, 6) is 6.59. The molecule has 1 aromatic carbocycles. The molecule has 0 saturated carbocycles. The summed E-state index contributed by atoms with van der Waals surface area (Å²) in [5, 5.41) is 0. The molecule has 0 saturated heterocycles. The second-order valence-electron chi connectivity index (χ2n) is 2.72. The average molecular weight is 143 g/mol. The molecule has 0 heterocycles. The van der Waals surface area contributed by atoms with Gasteiger partial charge in [0.15, 0.2) is 0 Å². The molecule has 0 fully saturated rings. The highest BCUT2D eigenvalue weighted by molar-refractivity contribution is 5.33. The van der Waals surface area contributed by atoms with E-state index in [0.29, 0.717) is 5.92 Å². The Morgan fingerprint density at radius 1 is 1.45 bits per heavy atom. The summed E-state index contributed by atoms with van der Waals surface area (Å²) in [6.07, 6.45) is 0. The Balaban J connectivity index is 2.75. The van der Waals surface area contributed by atoms with Crippen LogP contribution in [-0.2, 0) is 0 Å². The predicted octanol–water partition coefficient (Wildman–Crippen LogP) is 2.49. The highest BCUT2D eigenvalue weighted by Gasteiger charge is 1.83. The van der Waals surface area contributed by atoms with E-state index in [9.17, 15) is 0 Å². The molecule has 0 atom stereocenters. The summed E-state index contributed by atoms with van der Waals surface area (Å²) < 4.78 is 0. The standard InChI is InChI=1S/C11H11/c1-10(2)8-9-11-6-4-3-5-7-11/h3-4,6-7,10H,1-2H3. The SMILES string of the molecule is CC(C)C#Cc1c[c]ccc1. The van der Waals surface area contributed by atoms with Crippen molar-refractivity contribution >= 4 is 0 Å². The van der Waals surface area contributed by atoms with Crippen molar-refractivity contribution in [2.24, 2.45) is 5.92 Å². The highest BCUT2D eigenvalue weighted by atomic mass is 13.9. The van der Waals surface area contributed by atoms with Crippen LogP contribution in [0.25, 0.3) is 0 Å². The van der Waals surface area contributed by atoms with E-state index in [2.05, 4.69) is 31.8 Å². The van der Waals surface area contributed by atoms with Crippen molar-refractivity contribution in [3.05, 3.63) is 35.9 Å². The van der Waals surface area contributed by atoms with Crippen LogP contribution in [0.5, 0.6) is 0 Å². The lowest BCUT2D eigenvalue weighted by molar-refractivity contribution is 0.866. The fourth-order valence-electron chi connectivity index (χ4n) is 0.699. The molecule has 0 amide bonds. The van der Waals surface area contributed by atoms with Crippen molar-refractivity contribution in [1.82, 2.24) is 0 Å². The molecule has 1 radical (unpaired) electrons. The van der Waals surface area contributed by atoms with Crippen LogP contribution in [0, 0.1) is 23.8 Å². The molecular formula is C11H11. The fraction of sp³-hybridized carbons (Fsp3) is 0.273. The normalized spacial score (nSPS) is 9.00. The first-order valence-electron chi connectivity index (χ1n) is 3.76. The number of hydrogen-bond donors (Lipinski definition) is 0. The largest absolute Gasteiger partial charge is 0.0951 e. The van der Waals surface area contributed by atoms with Crippen LogP contribution < -0.4 is 0 Å². The first kappa shape index (κ1) is 7.88. The van der Waals surface area contributed by atoms with Gasteiger partial charge >= 0.3 is 0 Å². The van der Waals surface area contributed by atoms with E-state index >= 15 is 0 Å². The van der Waals surface area contributed by atoms with Crippen LogP contribution in [0.15, 0.2) is 24.3 Å². The van der Waals surface area contributed by atoms with Crippen LogP contribution in [0.1, 0.15) is 19.4 Å². The first-order chi connectivity index (χ1) is 5.29. The molecule has 55 valence electrons. The molecule has 1 rings (SSSR count). The van der Waals surface area contributed by atoms with Gasteiger partial charge in [-0.05, 0) is 18.2 Å². The molecule has 0 N–H and O–H groups in total. The molecule has 0 aliphatic heterocycles. The monoisotopic (exact) mass is 143 g/mol. The first-order valence-corrected chi connectivity index (χ1v) is 3.76. The molecule has 0 heteroatoms. The van der Waals surface area contributed by atoms with Gasteiger partial charge in [0.25, 0.3) is 0 Å². The van der Waals surface area contributed by atoms with Crippen LogP contribution in [0.2, 0.25) is 0 Å². The molecule has 0 bridgehead atoms. The second kappa shape index (κ2) is 3.83. The topological polar surface area (TPSA) is 0 Å². The Morgan fingerprint density at radius 2 is 2.27 bits per heavy atom. The van der Waals surface area contributed by atoms with E-state index in [4.69, 9.17) is 0 Å². The Labute approximate surface area is 68.3 Å². The average Bonchev–Trinajstić information content (AvgIpc) is 2.03. The summed E-state index contributed by atoms with van der Waals surface area (Å²) in [5.41, 5.74) is 1.04. The molecular weight excluding hydrogens is 132 g/mol. The highest BCUT2D eigenvalue weighted by Crippen LogP contribution is 1.95. The Bertz CT molecular complexity index is 259. The summed E-state index contributed by atoms with van der Waals surface area (Å²) >= 11 is 0. The maximum absolute atomic E-state index is 3.09. The second-order valence-corrected chi connectivity index (χ2v) is 2.72. The van der Waals surface area contributed by atoms with E-state index in [1.165, 1.54) is 0 Å². The molecule has 0 unspecified atom stereocenters. The van der Waals surface area contributed by atoms with Crippen molar-refractivity contribution in [2.45, 2.75) is 13.8 Å². The molecule has 1 aromatic rings. The lowest BCUT2D eigenvalue weighted by Gasteiger charge is -1.88. The third kappa shape index (κ3) is 2.91. The van der Waals surface area contributed by atoms with Gasteiger partial charge in [-0.15, -0.1) is 0 Å². The molecule has 0 aromatic heterocycles. The van der Waals surface area contributed by atoms with Gasteiger partial charge in [-0.3, -0.25) is 0 Å². The van der Waals surface area contributed by atoms with Gasteiger partial charge in [-0.25, -0.2) is 0 Å². The minimum absolute atomic E-state index is 0.440. The van der Waals surface area contributed by atoms with Crippen LogP contribution in [-0.4, -0.2) is 0 Å². The zero-order chi connectivity index (χ0) is 8.10. The van der Waals surface area contributed by atoms with Crippen molar-refractivity contribution in [1.29, 1.82) is 0 Å².